The summed E-state index contributed by atoms with van der Waals surface area (Å²) in [5, 5.41) is 17.1. The molecule has 0 radical (unpaired) electrons. The number of nitrogens with one attached hydrogen (secondary N) is 1. The standard InChI is InChI=1S/C20H25N5OS/c1-3-5-7-12-18-23-24-20(27-18)22-19(26)16-13-21-25(17(16)4-2)14-15-10-8-6-9-11-15/h6,8-11,13H,3-5,7,12,14H2,1-2H3,(H,22,24,26). The highest BCUT2D eigenvalue weighted by Gasteiger charge is 2.18. The molecule has 1 amide bonds. The molecule has 0 saturated heterocycles. The minimum atomic E-state index is -0.178. The van der Waals surface area contributed by atoms with Gasteiger partial charge in [0.15, 0.2) is 0 Å². The number of benzene rings is 1. The second kappa shape index (κ2) is 9.41. The van der Waals surface area contributed by atoms with Crippen LogP contribution in [0.4, 0.5) is 5.13 Å². The number of anilines is 1. The van der Waals surface area contributed by atoms with E-state index >= 15 is 0 Å². The van der Waals surface area contributed by atoms with Gasteiger partial charge in [-0.15, -0.1) is 10.2 Å². The molecule has 0 bridgehead atoms. The molecule has 1 N–H and O–H groups in total. The maximum Gasteiger partial charge on any atom is 0.260 e. The zero-order chi connectivity index (χ0) is 19.1. The van der Waals surface area contributed by atoms with Crippen LogP contribution in [0.1, 0.15) is 59.7 Å². The van der Waals surface area contributed by atoms with Crippen molar-refractivity contribution in [2.45, 2.75) is 52.5 Å². The molecule has 1 aromatic carbocycles. The van der Waals surface area contributed by atoms with Gasteiger partial charge in [-0.3, -0.25) is 14.8 Å². The molecule has 7 heteroatoms. The summed E-state index contributed by atoms with van der Waals surface area (Å²) in [6.07, 6.45) is 6.74. The first-order chi connectivity index (χ1) is 13.2. The van der Waals surface area contributed by atoms with Gasteiger partial charge in [-0.1, -0.05) is 68.4 Å². The first-order valence-electron chi connectivity index (χ1n) is 9.43. The molecule has 0 spiro atoms. The van der Waals surface area contributed by atoms with Crippen molar-refractivity contribution in [1.82, 2.24) is 20.0 Å². The van der Waals surface area contributed by atoms with Gasteiger partial charge in [0.25, 0.3) is 5.91 Å². The Morgan fingerprint density at radius 1 is 1.15 bits per heavy atom. The Labute approximate surface area is 163 Å². The summed E-state index contributed by atoms with van der Waals surface area (Å²) >= 11 is 1.45. The third-order valence-electron chi connectivity index (χ3n) is 4.38. The van der Waals surface area contributed by atoms with Crippen molar-refractivity contribution in [3.05, 3.63) is 58.4 Å². The van der Waals surface area contributed by atoms with Gasteiger partial charge in [0.1, 0.15) is 5.01 Å². The Morgan fingerprint density at radius 3 is 2.70 bits per heavy atom. The first-order valence-corrected chi connectivity index (χ1v) is 10.2. The molecule has 6 nitrogen and oxygen atoms in total. The molecule has 0 aliphatic carbocycles. The number of nitrogens with zero attached hydrogens (tertiary/aromatic N) is 4. The maximum absolute atomic E-state index is 12.7. The van der Waals surface area contributed by atoms with Gasteiger partial charge in [0, 0.05) is 6.42 Å². The van der Waals surface area contributed by atoms with Gasteiger partial charge in [0.05, 0.1) is 24.0 Å². The number of amides is 1. The number of carbonyl (C=O) groups is 1. The number of hydrogen-bond acceptors (Lipinski definition) is 5. The summed E-state index contributed by atoms with van der Waals surface area (Å²) in [5.41, 5.74) is 2.67. The van der Waals surface area contributed by atoms with Crippen molar-refractivity contribution < 1.29 is 4.79 Å². The Kier molecular flexibility index (Phi) is 6.70. The summed E-state index contributed by atoms with van der Waals surface area (Å²) in [4.78, 5) is 12.7. The molecular weight excluding hydrogens is 358 g/mol. The summed E-state index contributed by atoms with van der Waals surface area (Å²) in [6, 6.07) is 10.1. The maximum atomic E-state index is 12.7. The van der Waals surface area contributed by atoms with Crippen LogP contribution in [0.2, 0.25) is 0 Å². The van der Waals surface area contributed by atoms with Crippen LogP contribution >= 0.6 is 11.3 Å². The monoisotopic (exact) mass is 383 g/mol. The topological polar surface area (TPSA) is 72.7 Å². The molecule has 0 unspecified atom stereocenters. The number of hydrogen-bond donors (Lipinski definition) is 1. The largest absolute Gasteiger partial charge is 0.296 e. The lowest BCUT2D eigenvalue weighted by molar-refractivity contribution is 0.102. The fourth-order valence-electron chi connectivity index (χ4n) is 2.96. The van der Waals surface area contributed by atoms with E-state index in [0.29, 0.717) is 17.2 Å². The van der Waals surface area contributed by atoms with Gasteiger partial charge in [-0.25, -0.2) is 0 Å². The van der Waals surface area contributed by atoms with Crippen LogP contribution in [-0.4, -0.2) is 25.9 Å². The fraction of sp³-hybridized carbons (Fsp3) is 0.400. The van der Waals surface area contributed by atoms with Crippen molar-refractivity contribution in [2.75, 3.05) is 5.32 Å². The lowest BCUT2D eigenvalue weighted by Crippen LogP contribution is -2.15. The molecule has 142 valence electrons. The Morgan fingerprint density at radius 2 is 1.96 bits per heavy atom. The van der Waals surface area contributed by atoms with Gasteiger partial charge >= 0.3 is 0 Å². The Balaban J connectivity index is 1.68. The van der Waals surface area contributed by atoms with Crippen LogP contribution in [0.5, 0.6) is 0 Å². The van der Waals surface area contributed by atoms with E-state index in [-0.39, 0.29) is 5.91 Å². The van der Waals surface area contributed by atoms with Crippen LogP contribution in [0.3, 0.4) is 0 Å². The van der Waals surface area contributed by atoms with E-state index in [0.717, 1.165) is 35.5 Å². The highest BCUT2D eigenvalue weighted by atomic mass is 32.1. The molecule has 0 saturated carbocycles. The van der Waals surface area contributed by atoms with E-state index in [1.165, 1.54) is 24.2 Å². The molecule has 2 aromatic heterocycles. The second-order valence-corrected chi connectivity index (χ2v) is 7.48. The molecule has 0 fully saturated rings. The first kappa shape index (κ1) is 19.2. The lowest BCUT2D eigenvalue weighted by atomic mass is 10.2. The van der Waals surface area contributed by atoms with E-state index in [9.17, 15) is 4.79 Å². The van der Waals surface area contributed by atoms with E-state index < -0.39 is 0 Å². The average Bonchev–Trinajstić information content (AvgIpc) is 3.29. The molecule has 0 aliphatic heterocycles. The Hall–Kier alpha value is -2.54. The smallest absolute Gasteiger partial charge is 0.260 e. The molecule has 3 rings (SSSR count). The predicted octanol–water partition coefficient (Wildman–Crippen LogP) is 4.33. The highest BCUT2D eigenvalue weighted by Crippen LogP contribution is 2.20. The highest BCUT2D eigenvalue weighted by molar-refractivity contribution is 7.15. The third kappa shape index (κ3) is 5.01. The van der Waals surface area contributed by atoms with Crippen LogP contribution in [0, 0.1) is 0 Å². The van der Waals surface area contributed by atoms with E-state index in [1.54, 1.807) is 6.20 Å². The van der Waals surface area contributed by atoms with Gasteiger partial charge in [-0.05, 0) is 18.4 Å². The molecule has 3 aromatic rings. The van der Waals surface area contributed by atoms with Crippen molar-refractivity contribution in [3.63, 3.8) is 0 Å². The van der Waals surface area contributed by atoms with Crippen molar-refractivity contribution >= 4 is 22.4 Å². The normalized spacial score (nSPS) is 10.9. The Bertz CT molecular complexity index is 872. The fourth-order valence-corrected chi connectivity index (χ4v) is 3.74. The van der Waals surface area contributed by atoms with Crippen LogP contribution in [0.15, 0.2) is 36.5 Å². The number of aromatic nitrogens is 4. The molecule has 0 aliphatic rings. The zero-order valence-corrected chi connectivity index (χ0v) is 16.6. The number of rotatable bonds is 9. The zero-order valence-electron chi connectivity index (χ0n) is 15.8. The minimum Gasteiger partial charge on any atom is -0.296 e. The van der Waals surface area contributed by atoms with Crippen LogP contribution in [-0.2, 0) is 19.4 Å². The van der Waals surface area contributed by atoms with Crippen LogP contribution < -0.4 is 5.32 Å². The van der Waals surface area contributed by atoms with Crippen molar-refractivity contribution in [2.24, 2.45) is 0 Å². The predicted molar refractivity (Wildman–Crippen MR) is 108 cm³/mol. The minimum absolute atomic E-state index is 0.178. The molecule has 27 heavy (non-hydrogen) atoms. The van der Waals surface area contributed by atoms with Crippen molar-refractivity contribution in [3.8, 4) is 0 Å². The van der Waals surface area contributed by atoms with Gasteiger partial charge in [0.2, 0.25) is 5.13 Å². The van der Waals surface area contributed by atoms with Crippen molar-refractivity contribution in [1.29, 1.82) is 0 Å². The third-order valence-corrected chi connectivity index (χ3v) is 5.28. The van der Waals surface area contributed by atoms with Gasteiger partial charge < -0.3 is 0 Å². The SMILES string of the molecule is CCCCCc1nnc(NC(=O)c2cnn(Cc3ccccc3)c2CC)s1. The quantitative estimate of drug-likeness (QED) is 0.558. The van der Waals surface area contributed by atoms with E-state index in [4.69, 9.17) is 0 Å². The molecule has 2 heterocycles. The average molecular weight is 384 g/mol. The number of unbranched alkanes of at least 4 members (excludes halogenated alkanes) is 2. The van der Waals surface area contributed by atoms with E-state index in [2.05, 4.69) is 39.7 Å². The van der Waals surface area contributed by atoms with E-state index in [1.807, 2.05) is 29.8 Å². The summed E-state index contributed by atoms with van der Waals surface area (Å²) in [6.45, 7) is 4.86. The summed E-state index contributed by atoms with van der Waals surface area (Å²) < 4.78 is 1.89. The van der Waals surface area contributed by atoms with Gasteiger partial charge in [-0.2, -0.15) is 5.10 Å². The summed E-state index contributed by atoms with van der Waals surface area (Å²) in [5.74, 6) is -0.178. The van der Waals surface area contributed by atoms with Crippen LogP contribution in [0.25, 0.3) is 0 Å². The molecular formula is C20H25N5OS. The number of aryl methyl sites for hydroxylation is 1. The second-order valence-electron chi connectivity index (χ2n) is 6.41. The number of carbonyl (C=O) groups excluding carboxylic acids is 1. The lowest BCUT2D eigenvalue weighted by Gasteiger charge is -2.08. The molecule has 0 atom stereocenters. The summed E-state index contributed by atoms with van der Waals surface area (Å²) in [7, 11) is 0.